The Bertz CT molecular complexity index is 393. The van der Waals surface area contributed by atoms with Crippen molar-refractivity contribution in [2.45, 2.75) is 11.8 Å². The van der Waals surface area contributed by atoms with E-state index >= 15 is 0 Å². The fraction of sp³-hybridized carbons (Fsp3) is 0.286. The monoisotopic (exact) mass is 201 g/mol. The number of sulfone groups is 1. The summed E-state index contributed by atoms with van der Waals surface area (Å²) in [5, 5.41) is 0. The highest BCUT2D eigenvalue weighted by molar-refractivity contribution is 7.91. The number of aromatic nitrogens is 1. The van der Waals surface area contributed by atoms with E-state index in [4.69, 9.17) is 11.5 Å². The summed E-state index contributed by atoms with van der Waals surface area (Å²) >= 11 is 0. The highest BCUT2D eigenvalue weighted by Gasteiger charge is 2.12. The summed E-state index contributed by atoms with van der Waals surface area (Å²) in [7, 11) is -3.24. The van der Waals surface area contributed by atoms with Gasteiger partial charge in [0.1, 0.15) is 11.6 Å². The number of nitrogens with zero attached hydrogens (tertiary/aromatic N) is 1. The summed E-state index contributed by atoms with van der Waals surface area (Å²) in [6.07, 6.45) is 0. The lowest BCUT2D eigenvalue weighted by Crippen LogP contribution is -2.06. The molecule has 0 aliphatic heterocycles. The van der Waals surface area contributed by atoms with Crippen LogP contribution in [-0.4, -0.2) is 19.2 Å². The Labute approximate surface area is 76.7 Å². The molecule has 1 rings (SSSR count). The molecular formula is C7H11N3O2S. The molecule has 0 aliphatic rings. The predicted molar refractivity (Wildman–Crippen MR) is 50.8 cm³/mol. The van der Waals surface area contributed by atoms with Gasteiger partial charge in [0.15, 0.2) is 9.84 Å². The second-order valence-electron chi connectivity index (χ2n) is 2.56. The van der Waals surface area contributed by atoms with Gasteiger partial charge in [-0.15, -0.1) is 0 Å². The van der Waals surface area contributed by atoms with Gasteiger partial charge in [-0.3, -0.25) is 0 Å². The minimum Gasteiger partial charge on any atom is -0.384 e. The highest BCUT2D eigenvalue weighted by atomic mass is 32.2. The maximum Gasteiger partial charge on any atom is 0.178 e. The van der Waals surface area contributed by atoms with Gasteiger partial charge in [0.2, 0.25) is 0 Å². The molecule has 0 bridgehead atoms. The van der Waals surface area contributed by atoms with E-state index in [1.165, 1.54) is 12.1 Å². The molecule has 6 heteroatoms. The molecule has 0 aliphatic carbocycles. The van der Waals surface area contributed by atoms with Gasteiger partial charge in [0, 0.05) is 0 Å². The Morgan fingerprint density at radius 3 is 2.15 bits per heavy atom. The number of nitrogens with two attached hydrogens (primary N) is 2. The van der Waals surface area contributed by atoms with Crippen LogP contribution in [0.4, 0.5) is 11.6 Å². The van der Waals surface area contributed by atoms with Gasteiger partial charge in [-0.25, -0.2) is 13.4 Å². The Morgan fingerprint density at radius 2 is 1.77 bits per heavy atom. The first kappa shape index (κ1) is 9.79. The molecule has 1 aromatic rings. The van der Waals surface area contributed by atoms with Crippen LogP contribution in [0.15, 0.2) is 17.0 Å². The average molecular weight is 201 g/mol. The van der Waals surface area contributed by atoms with Gasteiger partial charge in [-0.05, 0) is 12.1 Å². The summed E-state index contributed by atoms with van der Waals surface area (Å²) in [4.78, 5) is 3.80. The Kier molecular flexibility index (Phi) is 2.42. The molecule has 0 amide bonds. The minimum atomic E-state index is -3.24. The molecule has 0 atom stereocenters. The smallest absolute Gasteiger partial charge is 0.178 e. The molecule has 0 saturated carbocycles. The highest BCUT2D eigenvalue weighted by Crippen LogP contribution is 2.15. The van der Waals surface area contributed by atoms with Crippen molar-refractivity contribution in [3.05, 3.63) is 12.1 Å². The lowest BCUT2D eigenvalue weighted by molar-refractivity contribution is 0.597. The Morgan fingerprint density at radius 1 is 1.31 bits per heavy atom. The van der Waals surface area contributed by atoms with Gasteiger partial charge >= 0.3 is 0 Å². The fourth-order valence-corrected chi connectivity index (χ4v) is 1.83. The van der Waals surface area contributed by atoms with E-state index in [1.54, 1.807) is 6.92 Å². The number of hydrogen-bond acceptors (Lipinski definition) is 5. The molecule has 0 saturated heterocycles. The lowest BCUT2D eigenvalue weighted by atomic mass is 10.4. The van der Waals surface area contributed by atoms with E-state index in [9.17, 15) is 8.42 Å². The second-order valence-corrected chi connectivity index (χ2v) is 4.83. The Balaban J connectivity index is 3.32. The van der Waals surface area contributed by atoms with Crippen LogP contribution in [-0.2, 0) is 9.84 Å². The zero-order valence-corrected chi connectivity index (χ0v) is 8.00. The van der Waals surface area contributed by atoms with Crippen molar-refractivity contribution in [2.24, 2.45) is 0 Å². The van der Waals surface area contributed by atoms with Crippen LogP contribution < -0.4 is 11.5 Å². The van der Waals surface area contributed by atoms with Gasteiger partial charge < -0.3 is 11.5 Å². The molecular weight excluding hydrogens is 190 g/mol. The summed E-state index contributed by atoms with van der Waals surface area (Å²) in [6.45, 7) is 1.56. The number of hydrogen-bond donors (Lipinski definition) is 2. The third-order valence-corrected chi connectivity index (χ3v) is 3.29. The van der Waals surface area contributed by atoms with Crippen molar-refractivity contribution in [3.63, 3.8) is 0 Å². The normalized spacial score (nSPS) is 11.5. The van der Waals surface area contributed by atoms with Crippen molar-refractivity contribution in [1.29, 1.82) is 0 Å². The molecule has 13 heavy (non-hydrogen) atoms. The SMILES string of the molecule is CCS(=O)(=O)c1cc(N)nc(N)c1. The van der Waals surface area contributed by atoms with Crippen molar-refractivity contribution in [2.75, 3.05) is 17.2 Å². The van der Waals surface area contributed by atoms with Crippen molar-refractivity contribution < 1.29 is 8.42 Å². The van der Waals surface area contributed by atoms with Gasteiger partial charge in [0.25, 0.3) is 0 Å². The van der Waals surface area contributed by atoms with Crippen LogP contribution in [0.3, 0.4) is 0 Å². The van der Waals surface area contributed by atoms with Crippen LogP contribution >= 0.6 is 0 Å². The van der Waals surface area contributed by atoms with Crippen LogP contribution in [0.1, 0.15) is 6.92 Å². The molecule has 0 aromatic carbocycles. The van der Waals surface area contributed by atoms with E-state index in [0.29, 0.717) is 0 Å². The summed E-state index contributed by atoms with van der Waals surface area (Å²) in [6, 6.07) is 2.60. The molecule has 1 heterocycles. The number of pyridine rings is 1. The van der Waals surface area contributed by atoms with E-state index < -0.39 is 9.84 Å². The lowest BCUT2D eigenvalue weighted by Gasteiger charge is -2.02. The summed E-state index contributed by atoms with van der Waals surface area (Å²) < 4.78 is 22.7. The molecule has 72 valence electrons. The maximum atomic E-state index is 11.4. The minimum absolute atomic E-state index is 0.0237. The fourth-order valence-electron chi connectivity index (χ4n) is 0.893. The van der Waals surface area contributed by atoms with E-state index in [1.807, 2.05) is 0 Å². The topological polar surface area (TPSA) is 99.1 Å². The summed E-state index contributed by atoms with van der Waals surface area (Å²) in [5.74, 6) is 0.259. The van der Waals surface area contributed by atoms with Gasteiger partial charge in [0.05, 0.1) is 10.6 Å². The molecule has 0 unspecified atom stereocenters. The molecule has 1 aromatic heterocycles. The molecule has 0 fully saturated rings. The molecule has 0 spiro atoms. The third kappa shape index (κ3) is 2.09. The first-order valence-corrected chi connectivity index (χ1v) is 5.36. The van der Waals surface area contributed by atoms with Crippen molar-refractivity contribution in [1.82, 2.24) is 4.98 Å². The number of nitrogen functional groups attached to an aromatic ring is 2. The van der Waals surface area contributed by atoms with E-state index in [-0.39, 0.29) is 22.3 Å². The second kappa shape index (κ2) is 3.21. The quantitative estimate of drug-likeness (QED) is 0.703. The number of rotatable bonds is 2. The van der Waals surface area contributed by atoms with Crippen molar-refractivity contribution in [3.8, 4) is 0 Å². The molecule has 4 N–H and O–H groups in total. The van der Waals surface area contributed by atoms with Crippen LogP contribution in [0.5, 0.6) is 0 Å². The van der Waals surface area contributed by atoms with Crippen LogP contribution in [0.2, 0.25) is 0 Å². The van der Waals surface area contributed by atoms with E-state index in [0.717, 1.165) is 0 Å². The predicted octanol–water partition coefficient (Wildman–Crippen LogP) is 0.0396. The first-order chi connectivity index (χ1) is 5.95. The van der Waals surface area contributed by atoms with Gasteiger partial charge in [-0.1, -0.05) is 6.92 Å². The third-order valence-electron chi connectivity index (χ3n) is 1.58. The molecule has 0 radical (unpaired) electrons. The molecule has 5 nitrogen and oxygen atoms in total. The number of anilines is 2. The summed E-state index contributed by atoms with van der Waals surface area (Å²) in [5.41, 5.74) is 10.7. The van der Waals surface area contributed by atoms with Crippen LogP contribution in [0.25, 0.3) is 0 Å². The zero-order valence-electron chi connectivity index (χ0n) is 7.19. The van der Waals surface area contributed by atoms with Gasteiger partial charge in [-0.2, -0.15) is 0 Å². The van der Waals surface area contributed by atoms with Crippen LogP contribution in [0, 0.1) is 0 Å². The van der Waals surface area contributed by atoms with E-state index in [2.05, 4.69) is 4.98 Å². The Hall–Kier alpha value is -1.30. The maximum absolute atomic E-state index is 11.4. The van der Waals surface area contributed by atoms with Crippen molar-refractivity contribution >= 4 is 21.5 Å². The first-order valence-electron chi connectivity index (χ1n) is 3.71. The zero-order chi connectivity index (χ0) is 10.1. The average Bonchev–Trinajstić information content (AvgIpc) is 2.02. The standard InChI is InChI=1S/C7H11N3O2S/c1-2-13(11,12)5-3-6(8)10-7(9)4-5/h3-4H,2H2,1H3,(H4,8,9,10). The largest absolute Gasteiger partial charge is 0.384 e.